The van der Waals surface area contributed by atoms with Crippen LogP contribution in [0, 0.1) is 0 Å². The van der Waals surface area contributed by atoms with Gasteiger partial charge in [0, 0.05) is 32.7 Å². The second-order valence-corrected chi connectivity index (χ2v) is 15.4. The zero-order chi connectivity index (χ0) is 24.7. The predicted octanol–water partition coefficient (Wildman–Crippen LogP) is 5.32. The number of hydrogen-bond donors (Lipinski definition) is 2. The van der Waals surface area contributed by atoms with Gasteiger partial charge in [0.05, 0.1) is 12.2 Å². The Morgan fingerprint density at radius 3 is 1.94 bits per heavy atom. The molecule has 1 rings (SSSR count). The molecule has 0 fully saturated rings. The van der Waals surface area contributed by atoms with Crippen LogP contribution in [-0.4, -0.2) is 52.0 Å². The first-order valence-corrected chi connectivity index (χ1v) is 14.0. The van der Waals surface area contributed by atoms with Gasteiger partial charge in [-0.1, -0.05) is 45.0 Å². The number of carbonyl (C=O) groups excluding carboxylic acids is 1. The van der Waals surface area contributed by atoms with Gasteiger partial charge in [-0.15, -0.1) is 0 Å². The summed E-state index contributed by atoms with van der Waals surface area (Å²) in [6.45, 7) is 16.5. The van der Waals surface area contributed by atoms with Crippen molar-refractivity contribution < 1.29 is 28.5 Å². The van der Waals surface area contributed by atoms with Crippen molar-refractivity contribution in [1.29, 1.82) is 0 Å². The Balaban J connectivity index is 2.94. The monoisotopic (exact) mass is 469 g/mol. The molecule has 1 amide bonds. The number of aliphatic hydroxyl groups is 1. The fourth-order valence-corrected chi connectivity index (χ4v) is 4.27. The fraction of sp³-hybridized carbons (Fsp3) is 0.708. The third kappa shape index (κ3) is 9.19. The highest BCUT2D eigenvalue weighted by molar-refractivity contribution is 6.74. The Bertz CT molecular complexity index is 705. The zero-order valence-electron chi connectivity index (χ0n) is 21.4. The first-order chi connectivity index (χ1) is 14.6. The Kier molecular flexibility index (Phi) is 10.4. The van der Waals surface area contributed by atoms with Gasteiger partial charge in [-0.25, -0.2) is 4.79 Å². The minimum Gasteiger partial charge on any atom is -0.444 e. The molecule has 8 heteroatoms. The van der Waals surface area contributed by atoms with E-state index in [1.54, 1.807) is 14.2 Å². The lowest BCUT2D eigenvalue weighted by Crippen LogP contribution is -2.47. The number of ether oxygens (including phenoxy) is 3. The molecule has 32 heavy (non-hydrogen) atoms. The van der Waals surface area contributed by atoms with Crippen LogP contribution < -0.4 is 5.32 Å². The van der Waals surface area contributed by atoms with Crippen LogP contribution in [0.3, 0.4) is 0 Å². The Morgan fingerprint density at radius 2 is 1.50 bits per heavy atom. The van der Waals surface area contributed by atoms with Gasteiger partial charge >= 0.3 is 6.09 Å². The summed E-state index contributed by atoms with van der Waals surface area (Å²) in [5, 5.41) is 13.7. The summed E-state index contributed by atoms with van der Waals surface area (Å²) in [4.78, 5) is 12.2. The molecular formula is C24H43NO6Si. The Hall–Kier alpha value is -1.45. The van der Waals surface area contributed by atoms with Crippen LogP contribution in [0.2, 0.25) is 18.1 Å². The van der Waals surface area contributed by atoms with Crippen LogP contribution in [0.15, 0.2) is 24.3 Å². The van der Waals surface area contributed by atoms with Gasteiger partial charge < -0.3 is 29.1 Å². The summed E-state index contributed by atoms with van der Waals surface area (Å²) < 4.78 is 22.4. The van der Waals surface area contributed by atoms with E-state index in [1.165, 1.54) is 0 Å². The van der Waals surface area contributed by atoms with Crippen LogP contribution in [0.5, 0.6) is 0 Å². The van der Waals surface area contributed by atoms with E-state index in [-0.39, 0.29) is 17.7 Å². The second kappa shape index (κ2) is 11.6. The van der Waals surface area contributed by atoms with Crippen molar-refractivity contribution in [3.05, 3.63) is 35.4 Å². The first kappa shape index (κ1) is 28.6. The van der Waals surface area contributed by atoms with Crippen LogP contribution in [0.1, 0.15) is 71.5 Å². The molecule has 0 aliphatic heterocycles. The molecule has 0 radical (unpaired) electrons. The lowest BCUT2D eigenvalue weighted by molar-refractivity contribution is -0.106. The average Bonchev–Trinajstić information content (AvgIpc) is 2.65. The number of benzene rings is 1. The molecule has 0 heterocycles. The van der Waals surface area contributed by atoms with E-state index in [9.17, 15) is 9.90 Å². The van der Waals surface area contributed by atoms with Crippen LogP contribution >= 0.6 is 0 Å². The maximum Gasteiger partial charge on any atom is 0.407 e. The predicted molar refractivity (Wildman–Crippen MR) is 129 cm³/mol. The topological polar surface area (TPSA) is 86.2 Å². The lowest BCUT2D eigenvalue weighted by atomic mass is 10.0. The van der Waals surface area contributed by atoms with Crippen molar-refractivity contribution >= 4 is 14.4 Å². The zero-order valence-corrected chi connectivity index (χ0v) is 22.4. The van der Waals surface area contributed by atoms with E-state index in [4.69, 9.17) is 18.6 Å². The molecule has 0 bridgehead atoms. The van der Waals surface area contributed by atoms with Gasteiger partial charge in [-0.2, -0.15) is 0 Å². The summed E-state index contributed by atoms with van der Waals surface area (Å²) >= 11 is 0. The van der Waals surface area contributed by atoms with Gasteiger partial charge in [0.1, 0.15) is 5.60 Å². The standard InChI is InChI=1S/C24H43NO6Si/c1-23(2,3)30-22(27)25-16-19(31-32(9,10)24(4,5)6)15-20(26)17-11-13-18(14-12-17)21(28-7)29-8/h11-14,19-21,26H,15-16H2,1-10H3,(H,25,27)/t19-,20-/m1/s1. The molecule has 7 nitrogen and oxygen atoms in total. The SMILES string of the molecule is COC(OC)c1ccc([C@H](O)C[C@H](CNC(=O)OC(C)(C)C)O[Si](C)(C)C(C)(C)C)cc1. The molecule has 0 saturated heterocycles. The maximum absolute atomic E-state index is 12.2. The Morgan fingerprint density at radius 1 is 1.00 bits per heavy atom. The molecule has 0 aliphatic rings. The summed E-state index contributed by atoms with van der Waals surface area (Å²) in [5.41, 5.74) is 1.05. The quantitative estimate of drug-likeness (QED) is 0.356. The van der Waals surface area contributed by atoms with E-state index in [0.717, 1.165) is 11.1 Å². The molecule has 0 saturated carbocycles. The molecule has 1 aromatic rings. The third-order valence-electron chi connectivity index (χ3n) is 5.65. The van der Waals surface area contributed by atoms with Gasteiger partial charge in [0.2, 0.25) is 0 Å². The minimum atomic E-state index is -2.12. The molecule has 1 aromatic carbocycles. The number of methoxy groups -OCH3 is 2. The Labute approximate surface area is 194 Å². The minimum absolute atomic E-state index is 0.000906. The normalized spacial score (nSPS) is 14.9. The van der Waals surface area contributed by atoms with Crippen molar-refractivity contribution in [1.82, 2.24) is 5.32 Å². The lowest BCUT2D eigenvalue weighted by Gasteiger charge is -2.39. The number of aliphatic hydroxyl groups excluding tert-OH is 1. The van der Waals surface area contributed by atoms with Gasteiger partial charge in [0.15, 0.2) is 14.6 Å². The number of hydrogen-bond acceptors (Lipinski definition) is 6. The van der Waals surface area contributed by atoms with E-state index >= 15 is 0 Å². The van der Waals surface area contributed by atoms with Gasteiger partial charge in [-0.05, 0) is 44.5 Å². The second-order valence-electron chi connectivity index (χ2n) is 10.6. The molecule has 0 aromatic heterocycles. The van der Waals surface area contributed by atoms with Crippen LogP contribution in [0.4, 0.5) is 4.79 Å². The summed E-state index contributed by atoms with van der Waals surface area (Å²) in [6, 6.07) is 7.46. The van der Waals surface area contributed by atoms with Crippen molar-refractivity contribution in [3.63, 3.8) is 0 Å². The number of nitrogens with one attached hydrogen (secondary N) is 1. The van der Waals surface area contributed by atoms with E-state index in [2.05, 4.69) is 39.2 Å². The van der Waals surface area contributed by atoms with E-state index < -0.39 is 32.4 Å². The molecular weight excluding hydrogens is 426 g/mol. The molecule has 184 valence electrons. The van der Waals surface area contributed by atoms with E-state index in [0.29, 0.717) is 6.42 Å². The summed E-state index contributed by atoms with van der Waals surface area (Å²) in [5.74, 6) is 0. The molecule has 2 N–H and O–H groups in total. The highest BCUT2D eigenvalue weighted by Gasteiger charge is 2.39. The van der Waals surface area contributed by atoms with Gasteiger partial charge in [-0.3, -0.25) is 0 Å². The fourth-order valence-electron chi connectivity index (χ4n) is 2.91. The number of carbonyl (C=O) groups is 1. The largest absolute Gasteiger partial charge is 0.444 e. The van der Waals surface area contributed by atoms with Gasteiger partial charge in [0.25, 0.3) is 0 Å². The first-order valence-electron chi connectivity index (χ1n) is 11.1. The van der Waals surface area contributed by atoms with Crippen LogP contribution in [-0.2, 0) is 18.6 Å². The molecule has 0 unspecified atom stereocenters. The van der Waals surface area contributed by atoms with Crippen molar-refractivity contribution in [2.24, 2.45) is 0 Å². The third-order valence-corrected chi connectivity index (χ3v) is 10.2. The molecule has 0 spiro atoms. The van der Waals surface area contributed by atoms with Crippen molar-refractivity contribution in [3.8, 4) is 0 Å². The highest BCUT2D eigenvalue weighted by atomic mass is 28.4. The highest BCUT2D eigenvalue weighted by Crippen LogP contribution is 2.38. The number of rotatable bonds is 10. The maximum atomic E-state index is 12.2. The average molecular weight is 470 g/mol. The molecule has 0 aliphatic carbocycles. The van der Waals surface area contributed by atoms with Crippen molar-refractivity contribution in [2.75, 3.05) is 20.8 Å². The number of amides is 1. The number of alkyl carbamates (subject to hydrolysis) is 1. The summed E-state index contributed by atoms with van der Waals surface area (Å²) in [7, 11) is 1.04. The van der Waals surface area contributed by atoms with E-state index in [1.807, 2.05) is 45.0 Å². The molecule has 2 atom stereocenters. The van der Waals surface area contributed by atoms with Crippen LogP contribution in [0.25, 0.3) is 0 Å². The smallest absolute Gasteiger partial charge is 0.407 e. The van der Waals surface area contributed by atoms with Crippen molar-refractivity contribution in [2.45, 2.75) is 90.2 Å². The summed E-state index contributed by atoms with van der Waals surface area (Å²) in [6.07, 6.45) is -1.70.